The second kappa shape index (κ2) is 4.37. The van der Waals surface area contributed by atoms with Crippen molar-refractivity contribution < 1.29 is 13.2 Å². The summed E-state index contributed by atoms with van der Waals surface area (Å²) in [6.07, 6.45) is -3.79. The molecular weight excluding hydrogens is 283 g/mol. The molecule has 0 bridgehead atoms. The summed E-state index contributed by atoms with van der Waals surface area (Å²) in [5.74, 6) is 0. The van der Waals surface area contributed by atoms with Gasteiger partial charge in [-0.1, -0.05) is 22.0 Å². The van der Waals surface area contributed by atoms with E-state index < -0.39 is 17.3 Å². The maximum Gasteiger partial charge on any atom is 0.416 e. The minimum atomic E-state index is -4.31. The molecule has 0 spiro atoms. The first-order chi connectivity index (χ1) is 7.09. The van der Waals surface area contributed by atoms with Crippen molar-refractivity contribution in [2.45, 2.75) is 32.0 Å². The number of rotatable bonds is 2. The van der Waals surface area contributed by atoms with Gasteiger partial charge in [-0.25, -0.2) is 0 Å². The lowest BCUT2D eigenvalue weighted by Crippen LogP contribution is -2.34. The molecule has 0 aliphatic carbocycles. The largest absolute Gasteiger partial charge is 0.416 e. The molecule has 0 aliphatic rings. The Morgan fingerprint density at radius 2 is 1.81 bits per heavy atom. The van der Waals surface area contributed by atoms with Crippen molar-refractivity contribution >= 4 is 15.9 Å². The van der Waals surface area contributed by atoms with E-state index >= 15 is 0 Å². The van der Waals surface area contributed by atoms with Crippen LogP contribution in [0.1, 0.15) is 25.0 Å². The van der Waals surface area contributed by atoms with Gasteiger partial charge in [-0.3, -0.25) is 0 Å². The van der Waals surface area contributed by atoms with Gasteiger partial charge in [-0.2, -0.15) is 13.2 Å². The normalized spacial score (nSPS) is 12.9. The van der Waals surface area contributed by atoms with Crippen LogP contribution in [0.15, 0.2) is 22.7 Å². The summed E-state index contributed by atoms with van der Waals surface area (Å²) in [4.78, 5) is 0. The Kier molecular flexibility index (Phi) is 3.69. The van der Waals surface area contributed by atoms with Crippen LogP contribution in [0.4, 0.5) is 13.2 Å². The fourth-order valence-corrected chi connectivity index (χ4v) is 1.88. The summed E-state index contributed by atoms with van der Waals surface area (Å²) < 4.78 is 37.6. The van der Waals surface area contributed by atoms with E-state index in [4.69, 9.17) is 5.73 Å². The minimum Gasteiger partial charge on any atom is -0.325 e. The molecule has 0 aromatic heterocycles. The van der Waals surface area contributed by atoms with Crippen LogP contribution in [0.25, 0.3) is 0 Å². The third-order valence-corrected chi connectivity index (χ3v) is 2.76. The molecule has 0 atom stereocenters. The van der Waals surface area contributed by atoms with Crippen molar-refractivity contribution in [3.05, 3.63) is 33.8 Å². The van der Waals surface area contributed by atoms with E-state index in [-0.39, 0.29) is 0 Å². The Balaban J connectivity index is 3.01. The molecule has 0 saturated heterocycles. The maximum absolute atomic E-state index is 12.4. The Bertz CT molecular complexity index is 380. The lowest BCUT2D eigenvalue weighted by molar-refractivity contribution is -0.137. The van der Waals surface area contributed by atoms with Gasteiger partial charge in [-0.05, 0) is 38.0 Å². The molecule has 90 valence electrons. The Morgan fingerprint density at radius 3 is 2.19 bits per heavy atom. The zero-order chi connectivity index (χ0) is 12.6. The molecule has 0 aliphatic heterocycles. The molecule has 0 amide bonds. The van der Waals surface area contributed by atoms with Gasteiger partial charge in [0.1, 0.15) is 0 Å². The van der Waals surface area contributed by atoms with Crippen molar-refractivity contribution in [2.75, 3.05) is 0 Å². The third-order valence-electron chi connectivity index (χ3n) is 2.03. The number of halogens is 4. The Labute approximate surface area is 101 Å². The smallest absolute Gasteiger partial charge is 0.325 e. The molecule has 0 fully saturated rings. The van der Waals surface area contributed by atoms with Crippen LogP contribution in [0, 0.1) is 0 Å². The lowest BCUT2D eigenvalue weighted by atomic mass is 9.95. The first-order valence-corrected chi connectivity index (χ1v) is 5.53. The molecule has 0 heterocycles. The summed E-state index contributed by atoms with van der Waals surface area (Å²) in [5, 5.41) is 0. The fraction of sp³-hybridized carbons (Fsp3) is 0.455. The van der Waals surface area contributed by atoms with Gasteiger partial charge in [0.05, 0.1) is 5.56 Å². The van der Waals surface area contributed by atoms with Crippen LogP contribution >= 0.6 is 15.9 Å². The number of hydrogen-bond donors (Lipinski definition) is 1. The number of alkyl halides is 3. The molecule has 1 rings (SSSR count). The van der Waals surface area contributed by atoms with Gasteiger partial charge in [0.15, 0.2) is 0 Å². The number of nitrogens with two attached hydrogens (primary N) is 1. The summed E-state index contributed by atoms with van der Waals surface area (Å²) >= 11 is 3.14. The van der Waals surface area contributed by atoms with Gasteiger partial charge >= 0.3 is 6.18 Å². The maximum atomic E-state index is 12.4. The van der Waals surface area contributed by atoms with Crippen molar-refractivity contribution in [3.63, 3.8) is 0 Å². The second-order valence-corrected chi connectivity index (χ2v) is 5.32. The summed E-state index contributed by atoms with van der Waals surface area (Å²) in [5.41, 5.74) is 5.50. The van der Waals surface area contributed by atoms with Crippen LogP contribution < -0.4 is 5.73 Å². The van der Waals surface area contributed by atoms with Gasteiger partial charge in [0.2, 0.25) is 0 Å². The second-order valence-electron chi connectivity index (χ2n) is 4.47. The van der Waals surface area contributed by atoms with Gasteiger partial charge in [0, 0.05) is 10.0 Å². The lowest BCUT2D eigenvalue weighted by Gasteiger charge is -2.19. The van der Waals surface area contributed by atoms with Crippen molar-refractivity contribution in [2.24, 2.45) is 5.73 Å². The Hall–Kier alpha value is -0.550. The highest BCUT2D eigenvalue weighted by Gasteiger charge is 2.31. The quantitative estimate of drug-likeness (QED) is 0.883. The summed E-state index contributed by atoms with van der Waals surface area (Å²) in [6, 6.07) is 3.62. The highest BCUT2D eigenvalue weighted by Crippen LogP contribution is 2.32. The van der Waals surface area contributed by atoms with E-state index in [1.54, 1.807) is 0 Å². The first kappa shape index (κ1) is 13.5. The summed E-state index contributed by atoms with van der Waals surface area (Å²) in [7, 11) is 0. The van der Waals surface area contributed by atoms with Gasteiger partial charge in [0.25, 0.3) is 0 Å². The predicted molar refractivity (Wildman–Crippen MR) is 61.1 cm³/mol. The van der Waals surface area contributed by atoms with Crippen LogP contribution in [0.3, 0.4) is 0 Å². The highest BCUT2D eigenvalue weighted by atomic mass is 79.9. The van der Waals surface area contributed by atoms with E-state index in [2.05, 4.69) is 15.9 Å². The van der Waals surface area contributed by atoms with Crippen LogP contribution in [0.2, 0.25) is 0 Å². The van der Waals surface area contributed by atoms with Crippen LogP contribution in [-0.2, 0) is 12.6 Å². The van der Waals surface area contributed by atoms with E-state index in [0.29, 0.717) is 10.9 Å². The van der Waals surface area contributed by atoms with Crippen LogP contribution in [0.5, 0.6) is 0 Å². The molecule has 0 radical (unpaired) electrons. The first-order valence-electron chi connectivity index (χ1n) is 4.74. The molecule has 2 N–H and O–H groups in total. The molecule has 0 saturated carbocycles. The molecule has 1 aromatic carbocycles. The van der Waals surface area contributed by atoms with Gasteiger partial charge < -0.3 is 5.73 Å². The van der Waals surface area contributed by atoms with Crippen molar-refractivity contribution in [1.82, 2.24) is 0 Å². The van der Waals surface area contributed by atoms with E-state index in [9.17, 15) is 13.2 Å². The molecule has 1 aromatic rings. The highest BCUT2D eigenvalue weighted by molar-refractivity contribution is 9.10. The average Bonchev–Trinajstić information content (AvgIpc) is 2.04. The molecule has 1 nitrogen and oxygen atoms in total. The standard InChI is InChI=1S/C11H13BrF3N/c1-10(2,16)6-7-3-4-8(5-9(7)12)11(13,14)15/h3-5H,6,16H2,1-2H3. The molecule has 16 heavy (non-hydrogen) atoms. The predicted octanol–water partition coefficient (Wildman–Crippen LogP) is 3.75. The van der Waals surface area contributed by atoms with Crippen molar-refractivity contribution in [3.8, 4) is 0 Å². The van der Waals surface area contributed by atoms with Crippen LogP contribution in [-0.4, -0.2) is 5.54 Å². The van der Waals surface area contributed by atoms with Gasteiger partial charge in [-0.15, -0.1) is 0 Å². The number of benzene rings is 1. The Morgan fingerprint density at radius 1 is 1.25 bits per heavy atom. The zero-order valence-corrected chi connectivity index (χ0v) is 10.6. The zero-order valence-electron chi connectivity index (χ0n) is 9.03. The van der Waals surface area contributed by atoms with E-state index in [0.717, 1.165) is 17.7 Å². The summed E-state index contributed by atoms with van der Waals surface area (Å²) in [6.45, 7) is 3.66. The minimum absolute atomic E-state index is 0.442. The average molecular weight is 296 g/mol. The third kappa shape index (κ3) is 3.79. The molecule has 0 unspecified atom stereocenters. The van der Waals surface area contributed by atoms with E-state index in [1.165, 1.54) is 6.07 Å². The number of hydrogen-bond acceptors (Lipinski definition) is 1. The fourth-order valence-electron chi connectivity index (χ4n) is 1.36. The monoisotopic (exact) mass is 295 g/mol. The molecule has 5 heteroatoms. The SMILES string of the molecule is CC(C)(N)Cc1ccc(C(F)(F)F)cc1Br. The van der Waals surface area contributed by atoms with Crippen molar-refractivity contribution in [1.29, 1.82) is 0 Å². The molecular formula is C11H13BrF3N. The van der Waals surface area contributed by atoms with E-state index in [1.807, 2.05) is 13.8 Å². The topological polar surface area (TPSA) is 26.0 Å².